The minimum absolute atomic E-state index is 0.155. The van der Waals surface area contributed by atoms with E-state index in [4.69, 9.17) is 18.9 Å². The van der Waals surface area contributed by atoms with Crippen molar-refractivity contribution in [2.75, 3.05) is 38.7 Å². The maximum absolute atomic E-state index is 15.2. The maximum atomic E-state index is 15.2. The number of halogens is 2. The van der Waals surface area contributed by atoms with E-state index in [-0.39, 0.29) is 18.3 Å². The lowest BCUT2D eigenvalue weighted by Gasteiger charge is -2.36. The number of fused-ring (bicyclic) bond motifs is 2. The van der Waals surface area contributed by atoms with Gasteiger partial charge in [0.1, 0.15) is 36.7 Å². The molecular weight excluding hydrogens is 574 g/mol. The number of benzene rings is 2. The van der Waals surface area contributed by atoms with Crippen molar-refractivity contribution in [3.63, 3.8) is 0 Å². The van der Waals surface area contributed by atoms with E-state index in [1.165, 1.54) is 19.0 Å². The van der Waals surface area contributed by atoms with Crippen LogP contribution in [-0.4, -0.2) is 85.9 Å². The van der Waals surface area contributed by atoms with Crippen molar-refractivity contribution in [2.45, 2.75) is 37.9 Å². The summed E-state index contributed by atoms with van der Waals surface area (Å²) in [6.45, 7) is 2.97. The lowest BCUT2D eigenvalue weighted by molar-refractivity contribution is -0.135. The van der Waals surface area contributed by atoms with Gasteiger partial charge in [0.05, 0.1) is 30.7 Å². The number of nitrogens with zero attached hydrogens (tertiary/aromatic N) is 7. The Bertz CT molecular complexity index is 1810. The second kappa shape index (κ2) is 11.4. The van der Waals surface area contributed by atoms with Crippen molar-refractivity contribution >= 4 is 28.1 Å². The summed E-state index contributed by atoms with van der Waals surface area (Å²) in [5.41, 5.74) is 2.66. The Hall–Kier alpha value is -4.69. The molecule has 0 bridgehead atoms. The van der Waals surface area contributed by atoms with E-state index in [1.807, 2.05) is 25.1 Å². The van der Waals surface area contributed by atoms with Gasteiger partial charge >= 0.3 is 0 Å². The number of ether oxygens (including phenoxy) is 4. The van der Waals surface area contributed by atoms with Gasteiger partial charge in [-0.15, -0.1) is 0 Å². The van der Waals surface area contributed by atoms with Crippen molar-refractivity contribution in [1.82, 2.24) is 34.4 Å². The van der Waals surface area contributed by atoms with Crippen LogP contribution in [0.25, 0.3) is 16.6 Å². The molecule has 2 fully saturated rings. The molecule has 5 heterocycles. The Labute approximate surface area is 251 Å². The van der Waals surface area contributed by atoms with Gasteiger partial charge in [0.15, 0.2) is 23.3 Å². The van der Waals surface area contributed by atoms with Gasteiger partial charge in [0.25, 0.3) is 5.92 Å². The molecule has 14 heteroatoms. The van der Waals surface area contributed by atoms with Crippen LogP contribution >= 0.6 is 0 Å². The standard InChI is InChI=1S/C30H30F2N8O4/c1-18-11-19(3-5-22(18)43-26-12-25-34-16-37-40(25)17-36-26)38-29-27-21(33-15-35-29)4-6-23(42-20-8-10-41-13-20)28(27)44-24-7-9-39(2)14-30(24,31)32/h3-6,11-12,15-17,20,24H,7-10,13-14H2,1-2H3,(H,33,35,38)/t20-,24-/m0/s1. The highest BCUT2D eigenvalue weighted by Crippen LogP contribution is 2.43. The minimum atomic E-state index is -3.06. The summed E-state index contributed by atoms with van der Waals surface area (Å²) in [6.07, 6.45) is 3.67. The largest absolute Gasteiger partial charge is 0.484 e. The predicted molar refractivity (Wildman–Crippen MR) is 156 cm³/mol. The first-order valence-corrected chi connectivity index (χ1v) is 14.3. The Morgan fingerprint density at radius 3 is 2.70 bits per heavy atom. The smallest absolute Gasteiger partial charge is 0.296 e. The fourth-order valence-corrected chi connectivity index (χ4v) is 5.43. The Balaban J connectivity index is 1.22. The van der Waals surface area contributed by atoms with E-state index in [0.717, 1.165) is 5.56 Å². The maximum Gasteiger partial charge on any atom is 0.296 e. The molecule has 7 rings (SSSR count). The number of anilines is 2. The molecule has 2 aromatic carbocycles. The summed E-state index contributed by atoms with van der Waals surface area (Å²) < 4.78 is 55.8. The molecule has 0 aliphatic carbocycles. The summed E-state index contributed by atoms with van der Waals surface area (Å²) in [4.78, 5) is 18.9. The van der Waals surface area contributed by atoms with E-state index >= 15 is 8.78 Å². The molecule has 5 aromatic rings. The molecule has 12 nitrogen and oxygen atoms in total. The fraction of sp³-hybridized carbons (Fsp3) is 0.367. The number of aromatic nitrogens is 6. The Morgan fingerprint density at radius 1 is 1.00 bits per heavy atom. The molecule has 0 radical (unpaired) electrons. The molecule has 0 saturated carbocycles. The summed E-state index contributed by atoms with van der Waals surface area (Å²) in [5, 5.41) is 7.82. The summed E-state index contributed by atoms with van der Waals surface area (Å²) in [7, 11) is 1.68. The van der Waals surface area contributed by atoms with Gasteiger partial charge in [-0.25, -0.2) is 33.2 Å². The predicted octanol–water partition coefficient (Wildman–Crippen LogP) is 4.80. The first-order chi connectivity index (χ1) is 21.3. The van der Waals surface area contributed by atoms with Crippen molar-refractivity contribution < 1.29 is 27.7 Å². The second-order valence-corrected chi connectivity index (χ2v) is 11.0. The van der Waals surface area contributed by atoms with E-state index in [0.29, 0.717) is 71.6 Å². The van der Waals surface area contributed by atoms with Gasteiger partial charge in [-0.3, -0.25) is 0 Å². The van der Waals surface area contributed by atoms with E-state index in [1.54, 1.807) is 34.7 Å². The third-order valence-electron chi connectivity index (χ3n) is 7.69. The Morgan fingerprint density at radius 2 is 1.89 bits per heavy atom. The number of likely N-dealkylation sites (tertiary alicyclic amines) is 1. The van der Waals surface area contributed by atoms with Crippen molar-refractivity contribution in [3.8, 4) is 23.1 Å². The van der Waals surface area contributed by atoms with Gasteiger partial charge in [-0.2, -0.15) is 5.10 Å². The number of aryl methyl sites for hydroxylation is 1. The summed E-state index contributed by atoms with van der Waals surface area (Å²) in [6, 6.07) is 10.7. The van der Waals surface area contributed by atoms with Crippen LogP contribution in [0.2, 0.25) is 0 Å². The lowest BCUT2D eigenvalue weighted by Crippen LogP contribution is -2.52. The molecule has 228 valence electrons. The minimum Gasteiger partial charge on any atom is -0.484 e. The molecule has 44 heavy (non-hydrogen) atoms. The zero-order valence-corrected chi connectivity index (χ0v) is 24.1. The highest BCUT2D eigenvalue weighted by Gasteiger charge is 2.46. The molecular formula is C30H30F2N8O4. The molecule has 3 aromatic heterocycles. The highest BCUT2D eigenvalue weighted by atomic mass is 19.3. The van der Waals surface area contributed by atoms with Gasteiger partial charge in [0, 0.05) is 31.1 Å². The first kappa shape index (κ1) is 28.1. The zero-order valence-electron chi connectivity index (χ0n) is 24.1. The van der Waals surface area contributed by atoms with Crippen LogP contribution in [0.15, 0.2) is 55.4 Å². The fourth-order valence-electron chi connectivity index (χ4n) is 5.43. The van der Waals surface area contributed by atoms with Crippen LogP contribution in [0.4, 0.5) is 20.3 Å². The van der Waals surface area contributed by atoms with Crippen LogP contribution in [0.1, 0.15) is 18.4 Å². The van der Waals surface area contributed by atoms with Crippen LogP contribution in [-0.2, 0) is 4.74 Å². The van der Waals surface area contributed by atoms with Crippen LogP contribution in [0, 0.1) is 6.92 Å². The summed E-state index contributed by atoms with van der Waals surface area (Å²) in [5.74, 6) is -1.17. The van der Waals surface area contributed by atoms with Gasteiger partial charge in [-0.1, -0.05) is 0 Å². The number of rotatable bonds is 8. The molecule has 0 amide bonds. The van der Waals surface area contributed by atoms with E-state index < -0.39 is 18.6 Å². The average molecular weight is 605 g/mol. The average Bonchev–Trinajstić information content (AvgIpc) is 3.69. The van der Waals surface area contributed by atoms with Gasteiger partial charge in [0.2, 0.25) is 5.88 Å². The molecule has 2 saturated heterocycles. The van der Waals surface area contributed by atoms with E-state index in [9.17, 15) is 0 Å². The zero-order chi connectivity index (χ0) is 30.3. The summed E-state index contributed by atoms with van der Waals surface area (Å²) >= 11 is 0. The van der Waals surface area contributed by atoms with Gasteiger partial charge < -0.3 is 29.2 Å². The van der Waals surface area contributed by atoms with Crippen LogP contribution in [0.5, 0.6) is 23.1 Å². The number of nitrogens with one attached hydrogen (secondary N) is 1. The topological polar surface area (TPSA) is 121 Å². The lowest BCUT2D eigenvalue weighted by atomic mass is 10.0. The molecule has 1 N–H and O–H groups in total. The van der Waals surface area contributed by atoms with Crippen LogP contribution in [0.3, 0.4) is 0 Å². The number of alkyl halides is 2. The highest BCUT2D eigenvalue weighted by molar-refractivity contribution is 5.97. The molecule has 0 unspecified atom stereocenters. The SMILES string of the molecule is Cc1cc(Nc2ncnc3ccc(O[C@H]4CCOC4)c(O[C@H]4CCN(C)CC4(F)F)c23)ccc1Oc1cc2ncnn2cn1. The molecule has 2 aliphatic heterocycles. The second-order valence-electron chi connectivity index (χ2n) is 11.0. The van der Waals surface area contributed by atoms with Crippen molar-refractivity contribution in [1.29, 1.82) is 0 Å². The Kier molecular flexibility index (Phi) is 7.30. The third-order valence-corrected chi connectivity index (χ3v) is 7.69. The monoisotopic (exact) mass is 604 g/mol. The number of piperidine rings is 1. The first-order valence-electron chi connectivity index (χ1n) is 14.3. The quantitative estimate of drug-likeness (QED) is 0.263. The van der Waals surface area contributed by atoms with Crippen molar-refractivity contribution in [3.05, 3.63) is 60.9 Å². The van der Waals surface area contributed by atoms with E-state index in [2.05, 4.69) is 30.4 Å². The molecule has 2 atom stereocenters. The van der Waals surface area contributed by atoms with Gasteiger partial charge in [-0.05, 0) is 49.9 Å². The van der Waals surface area contributed by atoms with Crippen molar-refractivity contribution in [2.24, 2.45) is 0 Å². The number of hydrogen-bond donors (Lipinski definition) is 1. The number of hydrogen-bond acceptors (Lipinski definition) is 11. The molecule has 2 aliphatic rings. The third kappa shape index (κ3) is 5.65. The molecule has 0 spiro atoms. The van der Waals surface area contributed by atoms with Crippen LogP contribution < -0.4 is 19.5 Å². The normalized spacial score (nSPS) is 20.2.